The van der Waals surface area contributed by atoms with E-state index in [2.05, 4.69) is 0 Å². The van der Waals surface area contributed by atoms with Gasteiger partial charge in [-0.25, -0.2) is 4.79 Å². The van der Waals surface area contributed by atoms with E-state index in [1.165, 1.54) is 13.2 Å². The number of hydrogen-bond donors (Lipinski definition) is 1. The fourth-order valence-electron chi connectivity index (χ4n) is 3.93. The lowest BCUT2D eigenvalue weighted by atomic mass is 9.85. The van der Waals surface area contributed by atoms with Crippen LogP contribution in [0.2, 0.25) is 0 Å². The Morgan fingerprint density at radius 2 is 1.62 bits per heavy atom. The van der Waals surface area contributed by atoms with Gasteiger partial charge in [-0.1, -0.05) is 61.5 Å². The van der Waals surface area contributed by atoms with Gasteiger partial charge in [-0.15, -0.1) is 0 Å². The lowest BCUT2D eigenvalue weighted by Gasteiger charge is -2.20. The van der Waals surface area contributed by atoms with Gasteiger partial charge in [-0.2, -0.15) is 0 Å². The fraction of sp³-hybridized carbons (Fsp3) is 0.192. The predicted octanol–water partition coefficient (Wildman–Crippen LogP) is 4.77. The molecule has 3 aromatic rings. The molecule has 0 aromatic heterocycles. The third-order valence-corrected chi connectivity index (χ3v) is 5.55. The number of methoxy groups -OCH3 is 1. The van der Waals surface area contributed by atoms with Crippen LogP contribution in [0.25, 0.3) is 16.5 Å². The van der Waals surface area contributed by atoms with Crippen LogP contribution in [0, 0.1) is 5.92 Å². The van der Waals surface area contributed by atoms with Crippen molar-refractivity contribution in [1.82, 2.24) is 0 Å². The van der Waals surface area contributed by atoms with Gasteiger partial charge in [0.2, 0.25) is 11.6 Å². The summed E-state index contributed by atoms with van der Waals surface area (Å²) in [5.74, 6) is -1.97. The lowest BCUT2D eigenvalue weighted by Crippen LogP contribution is -2.26. The van der Waals surface area contributed by atoms with Crippen LogP contribution in [0.15, 0.2) is 66.2 Å². The summed E-state index contributed by atoms with van der Waals surface area (Å²) >= 11 is 0. The summed E-state index contributed by atoms with van der Waals surface area (Å²) in [6, 6.07) is 17.5. The Kier molecular flexibility index (Phi) is 5.77. The second-order valence-electron chi connectivity index (χ2n) is 7.81. The molecule has 1 atom stereocenters. The summed E-state index contributed by atoms with van der Waals surface area (Å²) in [6.45, 7) is 1.79. The molecule has 0 saturated carbocycles. The van der Waals surface area contributed by atoms with Crippen molar-refractivity contribution in [2.24, 2.45) is 5.92 Å². The van der Waals surface area contributed by atoms with Crippen molar-refractivity contribution in [3.8, 4) is 5.75 Å². The molecule has 0 amide bonds. The van der Waals surface area contributed by atoms with E-state index in [0.29, 0.717) is 16.9 Å². The average Bonchev–Trinajstić information content (AvgIpc) is 2.83. The number of carbonyl (C=O) groups is 3. The normalized spacial score (nSPS) is 14.3. The minimum absolute atomic E-state index is 0.00864. The smallest absolute Gasteiger partial charge is 0.341 e. The zero-order valence-corrected chi connectivity index (χ0v) is 17.8. The van der Waals surface area contributed by atoms with Crippen molar-refractivity contribution in [3.63, 3.8) is 0 Å². The third kappa shape index (κ3) is 3.75. The number of aliphatic hydroxyl groups is 1. The molecule has 0 spiro atoms. The number of Topliss-reactive ketones (excluding diaryl/α,β-unsaturated/α-hetero) is 2. The summed E-state index contributed by atoms with van der Waals surface area (Å²) in [7, 11) is 1.50. The molecule has 0 heterocycles. The Labute approximate surface area is 185 Å². The Bertz CT molecular complexity index is 1270. The van der Waals surface area contributed by atoms with E-state index in [1.807, 2.05) is 30.3 Å². The number of rotatable bonds is 6. The maximum atomic E-state index is 12.7. The van der Waals surface area contributed by atoms with Crippen molar-refractivity contribution < 1.29 is 29.0 Å². The minimum atomic E-state index is -0.726. The summed E-state index contributed by atoms with van der Waals surface area (Å²) < 4.78 is 10.9. The zero-order valence-electron chi connectivity index (χ0n) is 17.8. The van der Waals surface area contributed by atoms with Crippen molar-refractivity contribution in [3.05, 3.63) is 82.9 Å². The number of benzene rings is 3. The van der Waals surface area contributed by atoms with Crippen molar-refractivity contribution in [2.75, 3.05) is 13.7 Å². The number of ketones is 2. The summed E-state index contributed by atoms with van der Waals surface area (Å²) in [5, 5.41) is 12.3. The van der Waals surface area contributed by atoms with E-state index in [9.17, 15) is 19.5 Å². The van der Waals surface area contributed by atoms with Crippen LogP contribution < -0.4 is 4.74 Å². The first kappa shape index (κ1) is 21.3. The molecular formula is C26H22O6. The molecule has 1 unspecified atom stereocenters. The van der Waals surface area contributed by atoms with Gasteiger partial charge in [-0.3, -0.25) is 9.59 Å². The van der Waals surface area contributed by atoms with Gasteiger partial charge in [0.1, 0.15) is 17.1 Å². The Hall–Kier alpha value is -3.93. The molecule has 3 aromatic carbocycles. The molecule has 4 rings (SSSR count). The Balaban J connectivity index is 1.50. The van der Waals surface area contributed by atoms with Gasteiger partial charge in [0.05, 0.1) is 13.7 Å². The van der Waals surface area contributed by atoms with Crippen LogP contribution in [0.5, 0.6) is 5.75 Å². The van der Waals surface area contributed by atoms with Crippen LogP contribution in [-0.2, 0) is 9.53 Å². The lowest BCUT2D eigenvalue weighted by molar-refractivity contribution is -0.112. The van der Waals surface area contributed by atoms with Gasteiger partial charge in [0.15, 0.2) is 0 Å². The average molecular weight is 430 g/mol. The van der Waals surface area contributed by atoms with Crippen LogP contribution >= 0.6 is 0 Å². The molecule has 0 radical (unpaired) electrons. The van der Waals surface area contributed by atoms with E-state index < -0.39 is 17.5 Å². The van der Waals surface area contributed by atoms with E-state index in [4.69, 9.17) is 9.47 Å². The molecule has 6 heteroatoms. The van der Waals surface area contributed by atoms with Crippen molar-refractivity contribution in [1.29, 1.82) is 0 Å². The quantitative estimate of drug-likeness (QED) is 0.448. The standard InChI is InChI=1S/C26H22O6/c1-15(13-21-22(27)18-9-5-6-10-19(18)23(28)24(21)29)14-32-26(30)20-12-11-16-7-3-4-8-17(16)25(20)31-2/h3-12,15,27H,13-14H2,1-2H3. The Morgan fingerprint density at radius 1 is 0.938 bits per heavy atom. The van der Waals surface area contributed by atoms with Gasteiger partial charge in [0, 0.05) is 22.1 Å². The largest absolute Gasteiger partial charge is 0.507 e. The number of esters is 1. The van der Waals surface area contributed by atoms with E-state index in [1.54, 1.807) is 31.2 Å². The summed E-state index contributed by atoms with van der Waals surface area (Å²) in [5.41, 5.74) is 0.886. The van der Waals surface area contributed by atoms with Gasteiger partial charge in [0.25, 0.3) is 0 Å². The molecule has 162 valence electrons. The fourth-order valence-corrected chi connectivity index (χ4v) is 3.93. The van der Waals surface area contributed by atoms with Crippen LogP contribution in [0.3, 0.4) is 0 Å². The highest BCUT2D eigenvalue weighted by Crippen LogP contribution is 2.32. The Morgan fingerprint density at radius 3 is 2.38 bits per heavy atom. The summed E-state index contributed by atoms with van der Waals surface area (Å²) in [4.78, 5) is 37.6. The highest BCUT2D eigenvalue weighted by atomic mass is 16.5. The predicted molar refractivity (Wildman–Crippen MR) is 120 cm³/mol. The highest BCUT2D eigenvalue weighted by Gasteiger charge is 2.33. The third-order valence-electron chi connectivity index (χ3n) is 5.55. The van der Waals surface area contributed by atoms with E-state index in [0.717, 1.165) is 10.8 Å². The molecule has 0 bridgehead atoms. The van der Waals surface area contributed by atoms with Crippen molar-refractivity contribution in [2.45, 2.75) is 13.3 Å². The number of allylic oxidation sites excluding steroid dienone is 1. The monoisotopic (exact) mass is 430 g/mol. The van der Waals surface area contributed by atoms with E-state index >= 15 is 0 Å². The highest BCUT2D eigenvalue weighted by molar-refractivity contribution is 6.52. The molecule has 0 saturated heterocycles. The molecule has 32 heavy (non-hydrogen) atoms. The summed E-state index contributed by atoms with van der Waals surface area (Å²) in [6.07, 6.45) is 0.104. The minimum Gasteiger partial charge on any atom is -0.507 e. The number of fused-ring (bicyclic) bond motifs is 2. The second kappa shape index (κ2) is 8.67. The van der Waals surface area contributed by atoms with Gasteiger partial charge >= 0.3 is 5.97 Å². The molecule has 1 aliphatic carbocycles. The maximum absolute atomic E-state index is 12.7. The van der Waals surface area contributed by atoms with Gasteiger partial charge < -0.3 is 14.6 Å². The first-order chi connectivity index (χ1) is 15.4. The van der Waals surface area contributed by atoms with E-state index in [-0.39, 0.29) is 35.8 Å². The van der Waals surface area contributed by atoms with Gasteiger partial charge in [-0.05, 0) is 23.8 Å². The number of hydrogen-bond acceptors (Lipinski definition) is 6. The molecule has 6 nitrogen and oxygen atoms in total. The molecule has 1 aliphatic rings. The second-order valence-corrected chi connectivity index (χ2v) is 7.81. The topological polar surface area (TPSA) is 89.9 Å². The number of aliphatic hydroxyl groups excluding tert-OH is 1. The molecule has 0 aliphatic heterocycles. The SMILES string of the molecule is COc1c(C(=O)OCC(C)CC2=C(O)c3ccccc3C(=O)C2=O)ccc2ccccc12. The zero-order chi connectivity index (χ0) is 22.8. The number of ether oxygens (including phenoxy) is 2. The first-order valence-corrected chi connectivity index (χ1v) is 10.3. The maximum Gasteiger partial charge on any atom is 0.341 e. The van der Waals surface area contributed by atoms with Crippen LogP contribution in [0.1, 0.15) is 39.6 Å². The van der Waals surface area contributed by atoms with Crippen molar-refractivity contribution >= 4 is 34.1 Å². The molecule has 0 fully saturated rings. The first-order valence-electron chi connectivity index (χ1n) is 10.3. The van der Waals surface area contributed by atoms with Crippen LogP contribution in [-0.4, -0.2) is 36.4 Å². The molecular weight excluding hydrogens is 408 g/mol. The molecule has 1 N–H and O–H groups in total. The van der Waals surface area contributed by atoms with Crippen LogP contribution in [0.4, 0.5) is 0 Å². The number of carbonyl (C=O) groups excluding carboxylic acids is 3.